The summed E-state index contributed by atoms with van der Waals surface area (Å²) in [5, 5.41) is 4.89. The molecule has 2 fully saturated rings. The standard InChI is InChI=1S/C29H31N3O4S3/c1-19(2)11-13-36-25-10-9-21(15-20(25)3)27-22(17-31(30-27)23-7-5-4-6-8-23)16-26-28(33)32(29(37)38-26)24-12-14-39(34,35)18-24/h4-10,15-17,19,24H,11-14,18H2,1-3H3/b26-16-/t24-/m1/s1. The van der Waals surface area contributed by atoms with Crippen molar-refractivity contribution in [1.29, 1.82) is 0 Å². The lowest BCUT2D eigenvalue weighted by atomic mass is 10.0. The summed E-state index contributed by atoms with van der Waals surface area (Å²) in [5.74, 6) is 1.19. The average molecular weight is 582 g/mol. The number of sulfone groups is 1. The maximum atomic E-state index is 13.4. The van der Waals surface area contributed by atoms with E-state index in [-0.39, 0.29) is 17.4 Å². The molecule has 0 N–H and O–H groups in total. The zero-order valence-corrected chi connectivity index (χ0v) is 24.6. The number of amides is 1. The molecule has 1 amide bonds. The lowest BCUT2D eigenvalue weighted by Gasteiger charge is -2.20. The highest BCUT2D eigenvalue weighted by molar-refractivity contribution is 8.26. The largest absolute Gasteiger partial charge is 0.493 e. The number of hydrogen-bond acceptors (Lipinski definition) is 7. The number of ether oxygens (including phenoxy) is 1. The molecule has 0 radical (unpaired) electrons. The number of nitrogens with zero attached hydrogens (tertiary/aromatic N) is 3. The second-order valence-corrected chi connectivity index (χ2v) is 14.2. The first-order valence-corrected chi connectivity index (χ1v) is 16.0. The summed E-state index contributed by atoms with van der Waals surface area (Å²) in [7, 11) is -3.15. The fourth-order valence-electron chi connectivity index (χ4n) is 4.71. The van der Waals surface area contributed by atoms with Gasteiger partial charge in [-0.25, -0.2) is 13.1 Å². The molecule has 0 bridgehead atoms. The van der Waals surface area contributed by atoms with Crippen molar-refractivity contribution in [1.82, 2.24) is 14.7 Å². The lowest BCUT2D eigenvalue weighted by Crippen LogP contribution is -2.39. The number of carbonyl (C=O) groups is 1. The Morgan fingerprint density at radius 2 is 1.97 bits per heavy atom. The number of thiocarbonyl (C=S) groups is 1. The van der Waals surface area contributed by atoms with Crippen LogP contribution in [0.5, 0.6) is 5.75 Å². The highest BCUT2D eigenvalue weighted by Crippen LogP contribution is 2.38. The first kappa shape index (κ1) is 27.6. The van der Waals surface area contributed by atoms with Crippen LogP contribution >= 0.6 is 24.0 Å². The zero-order chi connectivity index (χ0) is 27.7. The van der Waals surface area contributed by atoms with Crippen molar-refractivity contribution in [3.63, 3.8) is 0 Å². The van der Waals surface area contributed by atoms with Crippen LogP contribution < -0.4 is 4.74 Å². The quantitative estimate of drug-likeness (QED) is 0.251. The average Bonchev–Trinajstić information content (AvgIpc) is 3.55. The molecule has 0 unspecified atom stereocenters. The number of benzene rings is 2. The molecule has 204 valence electrons. The molecule has 3 heterocycles. The van der Waals surface area contributed by atoms with Gasteiger partial charge in [0.1, 0.15) is 15.8 Å². The van der Waals surface area contributed by atoms with Gasteiger partial charge < -0.3 is 4.74 Å². The van der Waals surface area contributed by atoms with Crippen LogP contribution in [0.1, 0.15) is 37.8 Å². The smallest absolute Gasteiger partial charge is 0.266 e. The number of para-hydroxylation sites is 1. The topological polar surface area (TPSA) is 81.5 Å². The maximum Gasteiger partial charge on any atom is 0.266 e. The van der Waals surface area contributed by atoms with E-state index in [1.165, 1.54) is 16.7 Å². The van der Waals surface area contributed by atoms with Crippen LogP contribution in [0.15, 0.2) is 59.6 Å². The highest BCUT2D eigenvalue weighted by atomic mass is 32.2. The highest BCUT2D eigenvalue weighted by Gasteiger charge is 2.42. The van der Waals surface area contributed by atoms with E-state index in [1.54, 1.807) is 4.68 Å². The van der Waals surface area contributed by atoms with Crippen LogP contribution in [0.3, 0.4) is 0 Å². The van der Waals surface area contributed by atoms with Gasteiger partial charge in [-0.15, -0.1) is 0 Å². The number of aromatic nitrogens is 2. The molecule has 1 aromatic heterocycles. The first-order valence-electron chi connectivity index (χ1n) is 13.0. The molecular weight excluding hydrogens is 551 g/mol. The van der Waals surface area contributed by atoms with E-state index in [0.717, 1.165) is 40.2 Å². The Bertz CT molecular complexity index is 1540. The van der Waals surface area contributed by atoms with Crippen molar-refractivity contribution in [2.24, 2.45) is 5.92 Å². The van der Waals surface area contributed by atoms with Gasteiger partial charge in [0, 0.05) is 17.3 Å². The third-order valence-electron chi connectivity index (χ3n) is 6.85. The summed E-state index contributed by atoms with van der Waals surface area (Å²) in [6, 6.07) is 15.4. The third-order valence-corrected chi connectivity index (χ3v) is 9.93. The summed E-state index contributed by atoms with van der Waals surface area (Å²) in [5.41, 5.74) is 4.30. The van der Waals surface area contributed by atoms with Gasteiger partial charge in [0.15, 0.2) is 9.84 Å². The first-order chi connectivity index (χ1) is 18.6. The molecule has 10 heteroatoms. The molecular formula is C29H31N3O4S3. The Kier molecular flexibility index (Phi) is 7.98. The number of aryl methyl sites for hydroxylation is 1. The Balaban J connectivity index is 1.49. The van der Waals surface area contributed by atoms with Crippen molar-refractivity contribution in [2.75, 3.05) is 18.1 Å². The fourth-order valence-corrected chi connectivity index (χ4v) is 7.80. The molecule has 0 saturated carbocycles. The van der Waals surface area contributed by atoms with Gasteiger partial charge in [0.05, 0.1) is 34.7 Å². The molecule has 39 heavy (non-hydrogen) atoms. The van der Waals surface area contributed by atoms with E-state index in [0.29, 0.717) is 28.2 Å². The molecule has 2 aliphatic rings. The van der Waals surface area contributed by atoms with Crippen molar-refractivity contribution in [3.8, 4) is 22.7 Å². The van der Waals surface area contributed by atoms with Crippen molar-refractivity contribution >= 4 is 50.1 Å². The molecule has 0 spiro atoms. The summed E-state index contributed by atoms with van der Waals surface area (Å²) < 4.78 is 32.3. The minimum Gasteiger partial charge on any atom is -0.493 e. The van der Waals surface area contributed by atoms with E-state index in [1.807, 2.05) is 67.7 Å². The molecule has 7 nitrogen and oxygen atoms in total. The van der Waals surface area contributed by atoms with Crippen LogP contribution in [-0.2, 0) is 14.6 Å². The van der Waals surface area contributed by atoms with Crippen molar-refractivity contribution in [3.05, 3.63) is 70.8 Å². The van der Waals surface area contributed by atoms with E-state index < -0.39 is 15.9 Å². The lowest BCUT2D eigenvalue weighted by molar-refractivity contribution is -0.123. The molecule has 5 rings (SSSR count). The van der Waals surface area contributed by atoms with Crippen LogP contribution in [-0.4, -0.2) is 57.5 Å². The maximum absolute atomic E-state index is 13.4. The van der Waals surface area contributed by atoms with Gasteiger partial charge in [-0.2, -0.15) is 5.10 Å². The van der Waals surface area contributed by atoms with E-state index in [9.17, 15) is 13.2 Å². The van der Waals surface area contributed by atoms with Gasteiger partial charge >= 0.3 is 0 Å². The number of hydrogen-bond donors (Lipinski definition) is 0. The van der Waals surface area contributed by atoms with Crippen molar-refractivity contribution in [2.45, 2.75) is 39.7 Å². The third kappa shape index (κ3) is 6.13. The normalized spacial score (nSPS) is 19.9. The Morgan fingerprint density at radius 3 is 2.64 bits per heavy atom. The second kappa shape index (κ2) is 11.3. The molecule has 1 atom stereocenters. The SMILES string of the molecule is Cc1cc(-c2nn(-c3ccccc3)cc2/C=C2\SC(=S)N([C@@H]3CCS(=O)(=O)C3)C2=O)ccc1OCCC(C)C. The second-order valence-electron chi connectivity index (χ2n) is 10.3. The van der Waals surface area contributed by atoms with E-state index >= 15 is 0 Å². The number of rotatable bonds is 8. The summed E-state index contributed by atoms with van der Waals surface area (Å²) >= 11 is 6.72. The van der Waals surface area contributed by atoms with Gasteiger partial charge in [0.25, 0.3) is 5.91 Å². The molecule has 2 saturated heterocycles. The predicted molar refractivity (Wildman–Crippen MR) is 161 cm³/mol. The zero-order valence-electron chi connectivity index (χ0n) is 22.2. The van der Waals surface area contributed by atoms with Gasteiger partial charge in [0.2, 0.25) is 0 Å². The summed E-state index contributed by atoms with van der Waals surface area (Å²) in [6.45, 7) is 7.03. The minimum absolute atomic E-state index is 0.0469. The van der Waals surface area contributed by atoms with Crippen LogP contribution in [0.25, 0.3) is 23.0 Å². The van der Waals surface area contributed by atoms with Crippen molar-refractivity contribution < 1.29 is 17.9 Å². The minimum atomic E-state index is -3.15. The van der Waals surface area contributed by atoms with E-state index in [4.69, 9.17) is 22.1 Å². The van der Waals surface area contributed by atoms with Crippen LogP contribution in [0, 0.1) is 12.8 Å². The van der Waals surface area contributed by atoms with Gasteiger partial charge in [-0.3, -0.25) is 9.69 Å². The van der Waals surface area contributed by atoms with E-state index in [2.05, 4.69) is 13.8 Å². The molecule has 3 aromatic rings. The van der Waals surface area contributed by atoms with Crippen LogP contribution in [0.2, 0.25) is 0 Å². The Hall–Kier alpha value is -2.95. The van der Waals surface area contributed by atoms with Gasteiger partial charge in [-0.05, 0) is 67.7 Å². The summed E-state index contributed by atoms with van der Waals surface area (Å²) in [6.07, 6.45) is 5.11. The number of carbonyl (C=O) groups excluding carboxylic acids is 1. The Morgan fingerprint density at radius 1 is 1.21 bits per heavy atom. The predicted octanol–water partition coefficient (Wildman–Crippen LogP) is 5.66. The molecule has 0 aliphatic carbocycles. The Labute approximate surface area is 239 Å². The molecule has 2 aromatic carbocycles. The summed E-state index contributed by atoms with van der Waals surface area (Å²) in [4.78, 5) is 15.3. The van der Waals surface area contributed by atoms with Crippen LogP contribution in [0.4, 0.5) is 0 Å². The molecule has 2 aliphatic heterocycles. The number of thioether (sulfide) groups is 1. The monoisotopic (exact) mass is 581 g/mol. The fraction of sp³-hybridized carbons (Fsp3) is 0.345. The van der Waals surface area contributed by atoms with Gasteiger partial charge in [-0.1, -0.05) is 56.0 Å².